The van der Waals surface area contributed by atoms with E-state index in [1.807, 2.05) is 0 Å². The summed E-state index contributed by atoms with van der Waals surface area (Å²) in [5.41, 5.74) is 0.548. The Morgan fingerprint density at radius 1 is 1.22 bits per heavy atom. The zero-order chi connectivity index (χ0) is 19.1. The number of aromatic nitrogens is 2. The van der Waals surface area contributed by atoms with Gasteiger partial charge in [0, 0.05) is 31.9 Å². The van der Waals surface area contributed by atoms with Gasteiger partial charge in [0.15, 0.2) is 0 Å². The molecular weight excluding hydrogens is 346 g/mol. The molecule has 0 spiro atoms. The Morgan fingerprint density at radius 3 is 2.81 bits per heavy atom. The Morgan fingerprint density at radius 2 is 2.04 bits per heavy atom. The lowest BCUT2D eigenvalue weighted by molar-refractivity contribution is -0.136. The minimum absolute atomic E-state index is 0.109. The van der Waals surface area contributed by atoms with Gasteiger partial charge in [-0.25, -0.2) is 0 Å². The highest BCUT2D eigenvalue weighted by Gasteiger charge is 2.24. The Labute approximate surface area is 160 Å². The first kappa shape index (κ1) is 19.8. The van der Waals surface area contributed by atoms with Crippen LogP contribution in [-0.4, -0.2) is 65.4 Å². The number of hydrogen-bond donors (Lipinski definition) is 2. The summed E-state index contributed by atoms with van der Waals surface area (Å²) in [5, 5.41) is 9.79. The van der Waals surface area contributed by atoms with Gasteiger partial charge < -0.3 is 15.4 Å². The van der Waals surface area contributed by atoms with Crippen molar-refractivity contribution >= 4 is 17.5 Å². The molecule has 2 N–H and O–H groups in total. The van der Waals surface area contributed by atoms with Gasteiger partial charge in [0.1, 0.15) is 0 Å². The number of nitrogens with one attached hydrogen (secondary N) is 2. The van der Waals surface area contributed by atoms with E-state index in [0.717, 1.165) is 65.1 Å². The van der Waals surface area contributed by atoms with Crippen LogP contribution in [0.4, 0.5) is 5.69 Å². The van der Waals surface area contributed by atoms with Gasteiger partial charge >= 0.3 is 11.8 Å². The smallest absolute Gasteiger partial charge is 0.313 e. The maximum Gasteiger partial charge on any atom is 0.313 e. The van der Waals surface area contributed by atoms with Crippen LogP contribution in [0.25, 0.3) is 0 Å². The molecule has 1 aromatic rings. The number of carbonyl (C=O) groups excluding carboxylic acids is 2. The van der Waals surface area contributed by atoms with Crippen molar-refractivity contribution in [1.29, 1.82) is 0 Å². The normalized spacial score (nSPS) is 23.7. The minimum atomic E-state index is -0.624. The topological polar surface area (TPSA) is 88.5 Å². The Bertz CT molecular complexity index is 627. The number of anilines is 1. The fourth-order valence-electron chi connectivity index (χ4n) is 3.85. The fourth-order valence-corrected chi connectivity index (χ4v) is 3.85. The average Bonchev–Trinajstić information content (AvgIpc) is 3.14. The molecule has 0 radical (unpaired) electrons. The molecule has 150 valence electrons. The number of nitrogens with zero attached hydrogens (tertiary/aromatic N) is 3. The summed E-state index contributed by atoms with van der Waals surface area (Å²) < 4.78 is 7.13. The summed E-state index contributed by atoms with van der Waals surface area (Å²) in [6, 6.07) is 0.109. The average molecular weight is 377 g/mol. The predicted octanol–water partition coefficient (Wildman–Crippen LogP) is 1.24. The third kappa shape index (κ3) is 6.04. The fraction of sp³-hybridized carbons (Fsp3) is 0.737. The van der Waals surface area contributed by atoms with Gasteiger partial charge in [-0.2, -0.15) is 5.10 Å². The van der Waals surface area contributed by atoms with Crippen LogP contribution in [-0.2, 0) is 20.9 Å². The van der Waals surface area contributed by atoms with Crippen molar-refractivity contribution < 1.29 is 14.3 Å². The first-order valence-corrected chi connectivity index (χ1v) is 10.1. The minimum Gasteiger partial charge on any atom is -0.379 e. The van der Waals surface area contributed by atoms with E-state index in [-0.39, 0.29) is 6.04 Å². The molecule has 1 saturated carbocycles. The summed E-state index contributed by atoms with van der Waals surface area (Å²) in [6.07, 6.45) is 8.73. The van der Waals surface area contributed by atoms with Gasteiger partial charge in [-0.15, -0.1) is 0 Å². The predicted molar refractivity (Wildman–Crippen MR) is 102 cm³/mol. The first-order valence-electron chi connectivity index (χ1n) is 10.1. The second-order valence-electron chi connectivity index (χ2n) is 7.51. The first-order chi connectivity index (χ1) is 13.1. The zero-order valence-electron chi connectivity index (χ0n) is 16.2. The van der Waals surface area contributed by atoms with Crippen molar-refractivity contribution in [2.75, 3.05) is 38.2 Å². The highest BCUT2D eigenvalue weighted by Crippen LogP contribution is 2.26. The molecule has 2 aliphatic rings. The summed E-state index contributed by atoms with van der Waals surface area (Å²) in [6.45, 7) is 7.22. The number of amides is 2. The molecule has 2 fully saturated rings. The Kier molecular flexibility index (Phi) is 7.23. The number of ether oxygens (including phenoxy) is 1. The van der Waals surface area contributed by atoms with E-state index in [4.69, 9.17) is 4.74 Å². The monoisotopic (exact) mass is 377 g/mol. The lowest BCUT2D eigenvalue weighted by Gasteiger charge is -2.28. The van der Waals surface area contributed by atoms with Crippen LogP contribution in [0.1, 0.15) is 39.0 Å². The van der Waals surface area contributed by atoms with Crippen LogP contribution in [0, 0.1) is 5.92 Å². The summed E-state index contributed by atoms with van der Waals surface area (Å²) in [5.74, 6) is -0.531. The highest BCUT2D eigenvalue weighted by atomic mass is 16.5. The van der Waals surface area contributed by atoms with E-state index >= 15 is 0 Å². The van der Waals surface area contributed by atoms with E-state index in [1.165, 1.54) is 6.42 Å². The van der Waals surface area contributed by atoms with Crippen LogP contribution in [0.5, 0.6) is 0 Å². The molecule has 0 bridgehead atoms. The van der Waals surface area contributed by atoms with E-state index in [2.05, 4.69) is 27.6 Å². The van der Waals surface area contributed by atoms with Gasteiger partial charge in [-0.05, 0) is 18.8 Å². The Balaban J connectivity index is 1.42. The number of morpholine rings is 1. The summed E-state index contributed by atoms with van der Waals surface area (Å²) in [7, 11) is 0. The standard InChI is InChI=1S/C19H31N5O3/c1-2-15-4-3-5-16(12-15)21-18(25)19(26)22-17-13-20-24(14-17)7-6-23-8-10-27-11-9-23/h13-16H,2-12H2,1H3,(H,21,25)(H,22,26). The molecule has 1 aliphatic heterocycles. The van der Waals surface area contributed by atoms with Crippen LogP contribution >= 0.6 is 0 Å². The van der Waals surface area contributed by atoms with E-state index in [0.29, 0.717) is 11.6 Å². The SMILES string of the molecule is CCC1CCCC(NC(=O)C(=O)Nc2cnn(CCN3CCOCC3)c2)C1. The van der Waals surface area contributed by atoms with Gasteiger partial charge in [0.05, 0.1) is 31.6 Å². The maximum atomic E-state index is 12.2. The molecule has 8 heteroatoms. The molecule has 1 aliphatic carbocycles. The lowest BCUT2D eigenvalue weighted by atomic mass is 9.84. The van der Waals surface area contributed by atoms with Crippen molar-refractivity contribution in [2.45, 2.75) is 51.6 Å². The van der Waals surface area contributed by atoms with Crippen molar-refractivity contribution in [3.05, 3.63) is 12.4 Å². The Hall–Kier alpha value is -1.93. The maximum absolute atomic E-state index is 12.2. The molecular formula is C19H31N5O3. The number of carbonyl (C=O) groups is 2. The van der Waals surface area contributed by atoms with Gasteiger partial charge in [-0.3, -0.25) is 19.2 Å². The van der Waals surface area contributed by atoms with E-state index in [9.17, 15) is 9.59 Å². The van der Waals surface area contributed by atoms with Gasteiger partial charge in [0.25, 0.3) is 0 Å². The summed E-state index contributed by atoms with van der Waals surface area (Å²) >= 11 is 0. The molecule has 1 saturated heterocycles. The molecule has 2 heterocycles. The molecule has 8 nitrogen and oxygen atoms in total. The largest absolute Gasteiger partial charge is 0.379 e. The molecule has 0 aromatic carbocycles. The van der Waals surface area contributed by atoms with Crippen LogP contribution in [0.3, 0.4) is 0 Å². The van der Waals surface area contributed by atoms with Crippen molar-refractivity contribution in [3.8, 4) is 0 Å². The van der Waals surface area contributed by atoms with E-state index in [1.54, 1.807) is 17.1 Å². The zero-order valence-corrected chi connectivity index (χ0v) is 16.2. The van der Waals surface area contributed by atoms with Crippen LogP contribution in [0.2, 0.25) is 0 Å². The third-order valence-corrected chi connectivity index (χ3v) is 5.54. The van der Waals surface area contributed by atoms with Crippen molar-refractivity contribution in [2.24, 2.45) is 5.92 Å². The summed E-state index contributed by atoms with van der Waals surface area (Å²) in [4.78, 5) is 26.7. The van der Waals surface area contributed by atoms with Crippen LogP contribution in [0.15, 0.2) is 12.4 Å². The molecule has 27 heavy (non-hydrogen) atoms. The molecule has 3 rings (SSSR count). The van der Waals surface area contributed by atoms with Gasteiger partial charge in [0.2, 0.25) is 0 Å². The molecule has 2 unspecified atom stereocenters. The van der Waals surface area contributed by atoms with Gasteiger partial charge in [-0.1, -0.05) is 26.2 Å². The molecule has 1 aromatic heterocycles. The molecule has 2 atom stereocenters. The van der Waals surface area contributed by atoms with Crippen LogP contribution < -0.4 is 10.6 Å². The number of hydrogen-bond acceptors (Lipinski definition) is 5. The van der Waals surface area contributed by atoms with E-state index < -0.39 is 11.8 Å². The third-order valence-electron chi connectivity index (χ3n) is 5.54. The highest BCUT2D eigenvalue weighted by molar-refractivity contribution is 6.39. The molecule has 2 amide bonds. The second kappa shape index (κ2) is 9.85. The lowest BCUT2D eigenvalue weighted by Crippen LogP contribution is -2.43. The van der Waals surface area contributed by atoms with Crippen molar-refractivity contribution in [3.63, 3.8) is 0 Å². The van der Waals surface area contributed by atoms with Crippen molar-refractivity contribution in [1.82, 2.24) is 20.0 Å². The number of rotatable bonds is 6. The second-order valence-corrected chi connectivity index (χ2v) is 7.51. The quantitative estimate of drug-likeness (QED) is 0.728.